The molecule has 0 spiro atoms. The van der Waals surface area contributed by atoms with Crippen LogP contribution < -0.4 is 0 Å². The summed E-state index contributed by atoms with van der Waals surface area (Å²) in [5.41, 5.74) is 10.5. The van der Waals surface area contributed by atoms with Crippen molar-refractivity contribution in [2.75, 3.05) is 0 Å². The summed E-state index contributed by atoms with van der Waals surface area (Å²) in [7, 11) is 0. The quantitative estimate of drug-likeness (QED) is 0.190. The van der Waals surface area contributed by atoms with Gasteiger partial charge >= 0.3 is 0 Å². The third-order valence-electron chi connectivity index (χ3n) is 9.62. The highest BCUT2D eigenvalue weighted by Crippen LogP contribution is 2.39. The van der Waals surface area contributed by atoms with Gasteiger partial charge in [-0.1, -0.05) is 121 Å². The molecular formula is C45H28N2S. The van der Waals surface area contributed by atoms with Crippen LogP contribution in [0.5, 0.6) is 0 Å². The van der Waals surface area contributed by atoms with Gasteiger partial charge < -0.3 is 0 Å². The van der Waals surface area contributed by atoms with Gasteiger partial charge in [-0.25, -0.2) is 4.98 Å². The first kappa shape index (κ1) is 27.1. The summed E-state index contributed by atoms with van der Waals surface area (Å²) in [6, 6.07) is 61.4. The lowest BCUT2D eigenvalue weighted by molar-refractivity contribution is 1.10. The third kappa shape index (κ3) is 4.29. The number of benzene rings is 7. The Morgan fingerprint density at radius 1 is 0.375 bits per heavy atom. The molecule has 0 aliphatic rings. The maximum atomic E-state index is 5.22. The van der Waals surface area contributed by atoms with Gasteiger partial charge in [-0.15, -0.1) is 11.3 Å². The van der Waals surface area contributed by atoms with Crippen LogP contribution in [-0.2, 0) is 0 Å². The van der Waals surface area contributed by atoms with E-state index in [4.69, 9.17) is 4.98 Å². The Balaban J connectivity index is 1.09. The highest BCUT2D eigenvalue weighted by molar-refractivity contribution is 7.25. The lowest BCUT2D eigenvalue weighted by atomic mass is 9.98. The minimum absolute atomic E-state index is 0.922. The molecule has 0 amide bonds. The second-order valence-electron chi connectivity index (χ2n) is 12.4. The highest BCUT2D eigenvalue weighted by atomic mass is 32.1. The van der Waals surface area contributed by atoms with Crippen molar-refractivity contribution in [3.63, 3.8) is 0 Å². The van der Waals surface area contributed by atoms with Gasteiger partial charge in [0.05, 0.1) is 16.6 Å². The molecule has 48 heavy (non-hydrogen) atoms. The van der Waals surface area contributed by atoms with Gasteiger partial charge in [0.15, 0.2) is 0 Å². The average Bonchev–Trinajstić information content (AvgIpc) is 3.70. The zero-order valence-electron chi connectivity index (χ0n) is 26.0. The van der Waals surface area contributed by atoms with Crippen molar-refractivity contribution in [3.05, 3.63) is 170 Å². The number of nitrogens with zero attached hydrogens (tertiary/aromatic N) is 2. The Morgan fingerprint density at radius 2 is 0.958 bits per heavy atom. The van der Waals surface area contributed by atoms with E-state index < -0.39 is 0 Å². The van der Waals surface area contributed by atoms with Crippen molar-refractivity contribution in [2.45, 2.75) is 0 Å². The Morgan fingerprint density at radius 3 is 1.77 bits per heavy atom. The Labute approximate surface area is 281 Å². The van der Waals surface area contributed by atoms with Crippen LogP contribution in [0, 0.1) is 0 Å². The number of hydrogen-bond acceptors (Lipinski definition) is 2. The summed E-state index contributed by atoms with van der Waals surface area (Å²) in [6.45, 7) is 0. The van der Waals surface area contributed by atoms with Crippen LogP contribution in [0.15, 0.2) is 170 Å². The fraction of sp³-hybridized carbons (Fsp3) is 0. The largest absolute Gasteiger partial charge is 0.294 e. The van der Waals surface area contributed by atoms with Crippen LogP contribution in [0.25, 0.3) is 92.1 Å². The van der Waals surface area contributed by atoms with Crippen LogP contribution in [-0.4, -0.2) is 9.55 Å². The highest BCUT2D eigenvalue weighted by Gasteiger charge is 2.17. The van der Waals surface area contributed by atoms with Gasteiger partial charge in [0, 0.05) is 36.3 Å². The van der Waals surface area contributed by atoms with Gasteiger partial charge in [0.2, 0.25) is 0 Å². The molecule has 3 heteroatoms. The predicted molar refractivity (Wildman–Crippen MR) is 205 cm³/mol. The Hall–Kier alpha value is -6.03. The molecule has 10 rings (SSSR count). The summed E-state index contributed by atoms with van der Waals surface area (Å²) >= 11 is 1.86. The first-order valence-electron chi connectivity index (χ1n) is 16.3. The van der Waals surface area contributed by atoms with E-state index in [9.17, 15) is 0 Å². The normalized spacial score (nSPS) is 11.8. The lowest BCUT2D eigenvalue weighted by Gasteiger charge is -2.13. The van der Waals surface area contributed by atoms with Gasteiger partial charge in [0.1, 0.15) is 5.82 Å². The summed E-state index contributed by atoms with van der Waals surface area (Å²) in [5, 5.41) is 6.26. The molecule has 0 fully saturated rings. The second-order valence-corrected chi connectivity index (χ2v) is 13.5. The maximum absolute atomic E-state index is 5.22. The first-order valence-corrected chi connectivity index (χ1v) is 17.1. The SMILES string of the molecule is c1ccc(-c2cc(-n3c4ccccc4c4cc(-c5ccc(-c6ccc7sc8ccccc8c7c6)cc5)ccc43)nc3ccccc23)cc1. The number of thiophene rings is 1. The molecule has 0 unspecified atom stereocenters. The number of pyridine rings is 1. The maximum Gasteiger partial charge on any atom is 0.138 e. The topological polar surface area (TPSA) is 17.8 Å². The van der Waals surface area contributed by atoms with Crippen molar-refractivity contribution in [1.82, 2.24) is 9.55 Å². The molecule has 10 aromatic rings. The zero-order valence-corrected chi connectivity index (χ0v) is 26.8. The number of fused-ring (bicyclic) bond motifs is 7. The minimum atomic E-state index is 0.922. The van der Waals surface area contributed by atoms with E-state index >= 15 is 0 Å². The summed E-state index contributed by atoms with van der Waals surface area (Å²) in [5.74, 6) is 0.922. The van der Waals surface area contributed by atoms with E-state index in [0.717, 1.165) is 27.8 Å². The molecule has 2 nitrogen and oxygen atoms in total. The fourth-order valence-electron chi connectivity index (χ4n) is 7.29. The van der Waals surface area contributed by atoms with Crippen molar-refractivity contribution in [3.8, 4) is 39.2 Å². The molecule has 0 bridgehead atoms. The second kappa shape index (κ2) is 10.8. The van der Waals surface area contributed by atoms with Crippen molar-refractivity contribution >= 4 is 64.2 Å². The average molecular weight is 629 g/mol. The smallest absolute Gasteiger partial charge is 0.138 e. The monoisotopic (exact) mass is 628 g/mol. The zero-order chi connectivity index (χ0) is 31.6. The standard InChI is InChI=1S/C45H28N2S/c1-2-10-31(11-3-1)37-28-45(46-40-15-7-4-12-34(37)40)47-41-16-8-5-13-35(41)38-26-32(22-24-42(38)47)29-18-20-30(21-19-29)33-23-25-44-39(27-33)36-14-6-9-17-43(36)48-44/h1-28H. The van der Waals surface area contributed by atoms with Crippen LogP contribution in [0.3, 0.4) is 0 Å². The molecule has 224 valence electrons. The van der Waals surface area contributed by atoms with Crippen LogP contribution in [0.1, 0.15) is 0 Å². The fourth-order valence-corrected chi connectivity index (χ4v) is 8.38. The van der Waals surface area contributed by atoms with Crippen LogP contribution in [0.4, 0.5) is 0 Å². The van der Waals surface area contributed by atoms with Crippen molar-refractivity contribution in [2.24, 2.45) is 0 Å². The summed E-state index contributed by atoms with van der Waals surface area (Å²) in [6.07, 6.45) is 0. The van der Waals surface area contributed by atoms with Gasteiger partial charge in [0.25, 0.3) is 0 Å². The van der Waals surface area contributed by atoms with Gasteiger partial charge in [-0.05, 0) is 81.9 Å². The molecule has 0 radical (unpaired) electrons. The van der Waals surface area contributed by atoms with E-state index in [1.54, 1.807) is 0 Å². The van der Waals surface area contributed by atoms with E-state index in [1.165, 1.54) is 64.3 Å². The van der Waals surface area contributed by atoms with Gasteiger partial charge in [-0.2, -0.15) is 0 Å². The Kier molecular flexibility index (Phi) is 6.08. The number of para-hydroxylation sites is 2. The summed E-state index contributed by atoms with van der Waals surface area (Å²) in [4.78, 5) is 5.22. The molecule has 0 atom stereocenters. The molecule has 0 saturated carbocycles. The molecular weight excluding hydrogens is 601 g/mol. The number of hydrogen-bond donors (Lipinski definition) is 0. The van der Waals surface area contributed by atoms with Crippen molar-refractivity contribution in [1.29, 1.82) is 0 Å². The number of aromatic nitrogens is 2. The van der Waals surface area contributed by atoms with E-state index in [1.807, 2.05) is 11.3 Å². The van der Waals surface area contributed by atoms with E-state index in [2.05, 4.69) is 174 Å². The molecule has 0 saturated heterocycles. The molecule has 0 N–H and O–H groups in total. The molecule has 0 aliphatic carbocycles. The minimum Gasteiger partial charge on any atom is -0.294 e. The lowest BCUT2D eigenvalue weighted by Crippen LogP contribution is -1.99. The predicted octanol–water partition coefficient (Wildman–Crippen LogP) is 12.7. The van der Waals surface area contributed by atoms with Gasteiger partial charge in [-0.3, -0.25) is 4.57 Å². The summed E-state index contributed by atoms with van der Waals surface area (Å²) < 4.78 is 4.99. The van der Waals surface area contributed by atoms with Crippen LogP contribution in [0.2, 0.25) is 0 Å². The molecule has 0 aliphatic heterocycles. The number of rotatable bonds is 4. The third-order valence-corrected chi connectivity index (χ3v) is 10.8. The molecule has 7 aromatic carbocycles. The van der Waals surface area contributed by atoms with Crippen molar-refractivity contribution < 1.29 is 0 Å². The van der Waals surface area contributed by atoms with Crippen LogP contribution >= 0.6 is 11.3 Å². The molecule has 3 aromatic heterocycles. The first-order chi connectivity index (χ1) is 23.8. The van der Waals surface area contributed by atoms with E-state index in [0.29, 0.717) is 0 Å². The molecule has 3 heterocycles. The Bertz CT molecular complexity index is 2820. The van der Waals surface area contributed by atoms with E-state index in [-0.39, 0.29) is 0 Å².